The third-order valence-electron chi connectivity index (χ3n) is 4.83. The number of pyridine rings is 1. The van der Waals surface area contributed by atoms with Crippen LogP contribution in [0.4, 0.5) is 5.82 Å². The third kappa shape index (κ3) is 3.98. The highest BCUT2D eigenvalue weighted by atomic mass is 32.2. The van der Waals surface area contributed by atoms with Crippen molar-refractivity contribution in [1.82, 2.24) is 24.4 Å². The molecule has 3 aromatic heterocycles. The number of hydrogen-bond donors (Lipinski definition) is 1. The third-order valence-corrected chi connectivity index (χ3v) is 6.14. The molecule has 1 N–H and O–H groups in total. The second-order valence-corrected chi connectivity index (χ2v) is 7.99. The van der Waals surface area contributed by atoms with Gasteiger partial charge in [-0.1, -0.05) is 36.9 Å². The summed E-state index contributed by atoms with van der Waals surface area (Å²) in [5.41, 5.74) is 1.91. The summed E-state index contributed by atoms with van der Waals surface area (Å²) in [6, 6.07) is 11.9. The monoisotopic (exact) mass is 438 g/mol. The van der Waals surface area contributed by atoms with E-state index in [-0.39, 0.29) is 18.1 Å². The summed E-state index contributed by atoms with van der Waals surface area (Å²) in [6.07, 6.45) is 1.95. The van der Waals surface area contributed by atoms with Crippen LogP contribution >= 0.6 is 11.8 Å². The number of carbonyl (C=O) groups is 2. The van der Waals surface area contributed by atoms with Gasteiger partial charge in [0.2, 0.25) is 5.91 Å². The van der Waals surface area contributed by atoms with Crippen molar-refractivity contribution in [3.63, 3.8) is 0 Å². The molecule has 4 aromatic rings. The highest BCUT2D eigenvalue weighted by Gasteiger charge is 2.25. The van der Waals surface area contributed by atoms with E-state index >= 15 is 0 Å². The van der Waals surface area contributed by atoms with Gasteiger partial charge in [-0.3, -0.25) is 13.9 Å². The van der Waals surface area contributed by atoms with E-state index in [9.17, 15) is 9.59 Å². The van der Waals surface area contributed by atoms with Gasteiger partial charge in [-0.05, 0) is 36.9 Å². The fourth-order valence-corrected chi connectivity index (χ4v) is 4.25. The van der Waals surface area contributed by atoms with Crippen molar-refractivity contribution in [1.29, 1.82) is 0 Å². The number of benzene rings is 1. The molecule has 3 heterocycles. The van der Waals surface area contributed by atoms with Crippen molar-refractivity contribution in [2.75, 3.05) is 11.9 Å². The molecule has 0 saturated heterocycles. The molecule has 1 amide bonds. The predicted molar refractivity (Wildman–Crippen MR) is 118 cm³/mol. The number of ether oxygens (including phenoxy) is 1. The SMILES string of the molecule is CCOC(=O)c1cnn(C)c1NC(=O)C(CC)Sc1nnc2ccc3ccccc3n12. The van der Waals surface area contributed by atoms with Crippen molar-refractivity contribution in [3.8, 4) is 0 Å². The van der Waals surface area contributed by atoms with Crippen LogP contribution in [-0.4, -0.2) is 48.1 Å². The van der Waals surface area contributed by atoms with E-state index in [1.807, 2.05) is 47.7 Å². The number of carbonyl (C=O) groups excluding carboxylic acids is 2. The first-order chi connectivity index (χ1) is 15.0. The zero-order valence-corrected chi connectivity index (χ0v) is 18.2. The van der Waals surface area contributed by atoms with Crippen molar-refractivity contribution in [2.45, 2.75) is 30.7 Å². The van der Waals surface area contributed by atoms with Crippen LogP contribution in [0.15, 0.2) is 47.8 Å². The summed E-state index contributed by atoms with van der Waals surface area (Å²) in [5.74, 6) is -0.473. The van der Waals surface area contributed by atoms with E-state index in [1.165, 1.54) is 22.6 Å². The second-order valence-electron chi connectivity index (χ2n) is 6.82. The quantitative estimate of drug-likeness (QED) is 0.349. The Kier molecular flexibility index (Phi) is 5.90. The summed E-state index contributed by atoms with van der Waals surface area (Å²) in [7, 11) is 1.66. The minimum absolute atomic E-state index is 0.219. The number of hydrogen-bond acceptors (Lipinski definition) is 7. The Bertz CT molecular complexity index is 1260. The van der Waals surface area contributed by atoms with E-state index in [2.05, 4.69) is 20.6 Å². The molecule has 1 unspecified atom stereocenters. The van der Waals surface area contributed by atoms with Gasteiger partial charge in [-0.15, -0.1) is 10.2 Å². The molecule has 0 fully saturated rings. The van der Waals surface area contributed by atoms with E-state index in [0.717, 1.165) is 10.9 Å². The molecule has 160 valence electrons. The number of anilines is 1. The lowest BCUT2D eigenvalue weighted by atomic mass is 10.2. The molecule has 0 aliphatic heterocycles. The zero-order valence-electron chi connectivity index (χ0n) is 17.4. The first-order valence-corrected chi connectivity index (χ1v) is 10.8. The maximum Gasteiger partial charge on any atom is 0.343 e. The van der Waals surface area contributed by atoms with Crippen molar-refractivity contribution >= 4 is 46.0 Å². The van der Waals surface area contributed by atoms with E-state index in [0.29, 0.717) is 23.0 Å². The van der Waals surface area contributed by atoms with Gasteiger partial charge in [-0.25, -0.2) is 4.79 Å². The van der Waals surface area contributed by atoms with Crippen LogP contribution < -0.4 is 5.32 Å². The molecule has 31 heavy (non-hydrogen) atoms. The maximum atomic E-state index is 13.1. The molecule has 0 radical (unpaired) electrons. The molecule has 0 saturated carbocycles. The number of amides is 1. The topological polar surface area (TPSA) is 103 Å². The molecule has 1 atom stereocenters. The van der Waals surface area contributed by atoms with Crippen LogP contribution in [0.1, 0.15) is 30.6 Å². The molecule has 0 aliphatic rings. The van der Waals surface area contributed by atoms with Crippen LogP contribution in [0.5, 0.6) is 0 Å². The molecule has 10 heteroatoms. The van der Waals surface area contributed by atoms with Gasteiger partial charge in [0.1, 0.15) is 11.4 Å². The summed E-state index contributed by atoms with van der Waals surface area (Å²) in [6.45, 7) is 3.89. The lowest BCUT2D eigenvalue weighted by Gasteiger charge is -2.15. The van der Waals surface area contributed by atoms with Crippen molar-refractivity contribution < 1.29 is 14.3 Å². The molecule has 9 nitrogen and oxygen atoms in total. The number of esters is 1. The van der Waals surface area contributed by atoms with Gasteiger partial charge in [-0.2, -0.15) is 5.10 Å². The van der Waals surface area contributed by atoms with Gasteiger partial charge in [0.15, 0.2) is 10.8 Å². The van der Waals surface area contributed by atoms with Crippen molar-refractivity contribution in [3.05, 3.63) is 48.2 Å². The normalized spacial score (nSPS) is 12.2. The molecular weight excluding hydrogens is 416 g/mol. The number of rotatable bonds is 7. The lowest BCUT2D eigenvalue weighted by molar-refractivity contribution is -0.115. The number of nitrogens with zero attached hydrogens (tertiary/aromatic N) is 5. The Labute approximate surface area is 182 Å². The molecular formula is C21H22N6O3S. The first-order valence-electron chi connectivity index (χ1n) is 9.93. The summed E-state index contributed by atoms with van der Waals surface area (Å²) >= 11 is 1.33. The Hall–Kier alpha value is -3.40. The molecule has 0 bridgehead atoms. The fraction of sp³-hybridized carbons (Fsp3) is 0.286. The first kappa shape index (κ1) is 20.9. The minimum atomic E-state index is -0.526. The van der Waals surface area contributed by atoms with Crippen LogP contribution in [0, 0.1) is 0 Å². The highest BCUT2D eigenvalue weighted by molar-refractivity contribution is 8.00. The summed E-state index contributed by atoms with van der Waals surface area (Å²) < 4.78 is 8.45. The number of aromatic nitrogens is 5. The Balaban J connectivity index is 1.61. The standard InChI is InChI=1S/C21H22N6O3S/c1-4-16(19(28)23-18-14(12-22-26(18)3)20(29)30-5-2)31-21-25-24-17-11-10-13-8-6-7-9-15(13)27(17)21/h6-12,16H,4-5H2,1-3H3,(H,23,28). The number of para-hydroxylation sites is 1. The van der Waals surface area contributed by atoms with Crippen LogP contribution in [0.3, 0.4) is 0 Å². The van der Waals surface area contributed by atoms with Gasteiger partial charge in [0.25, 0.3) is 0 Å². The molecule has 1 aromatic carbocycles. The van der Waals surface area contributed by atoms with Gasteiger partial charge >= 0.3 is 5.97 Å². The number of nitrogens with one attached hydrogen (secondary N) is 1. The summed E-state index contributed by atoms with van der Waals surface area (Å²) in [4.78, 5) is 25.2. The van der Waals surface area contributed by atoms with E-state index in [4.69, 9.17) is 4.74 Å². The summed E-state index contributed by atoms with van der Waals surface area (Å²) in [5, 5.41) is 16.7. The Morgan fingerprint density at radius 2 is 1.97 bits per heavy atom. The molecule has 0 spiro atoms. The number of fused-ring (bicyclic) bond motifs is 3. The minimum Gasteiger partial charge on any atom is -0.462 e. The molecule has 0 aliphatic carbocycles. The van der Waals surface area contributed by atoms with Gasteiger partial charge in [0.05, 0.1) is 23.6 Å². The Morgan fingerprint density at radius 3 is 2.74 bits per heavy atom. The second kappa shape index (κ2) is 8.76. The van der Waals surface area contributed by atoms with Gasteiger partial charge < -0.3 is 10.1 Å². The largest absolute Gasteiger partial charge is 0.462 e. The average Bonchev–Trinajstić information content (AvgIpc) is 3.35. The fourth-order valence-electron chi connectivity index (χ4n) is 3.28. The number of thioether (sulfide) groups is 1. The number of aryl methyl sites for hydroxylation is 1. The lowest BCUT2D eigenvalue weighted by Crippen LogP contribution is -2.27. The Morgan fingerprint density at radius 1 is 1.16 bits per heavy atom. The maximum absolute atomic E-state index is 13.1. The smallest absolute Gasteiger partial charge is 0.343 e. The average molecular weight is 439 g/mol. The van der Waals surface area contributed by atoms with E-state index < -0.39 is 11.2 Å². The van der Waals surface area contributed by atoms with Gasteiger partial charge in [0, 0.05) is 7.05 Å². The van der Waals surface area contributed by atoms with E-state index in [1.54, 1.807) is 14.0 Å². The van der Waals surface area contributed by atoms with Crippen LogP contribution in [-0.2, 0) is 16.6 Å². The predicted octanol–water partition coefficient (Wildman–Crippen LogP) is 3.30. The highest BCUT2D eigenvalue weighted by Crippen LogP contribution is 2.28. The van der Waals surface area contributed by atoms with Crippen LogP contribution in [0.25, 0.3) is 16.6 Å². The molecule has 4 rings (SSSR count). The van der Waals surface area contributed by atoms with Crippen LogP contribution in [0.2, 0.25) is 0 Å². The zero-order chi connectivity index (χ0) is 22.0. The van der Waals surface area contributed by atoms with Crippen molar-refractivity contribution in [2.24, 2.45) is 7.05 Å².